The van der Waals surface area contributed by atoms with Gasteiger partial charge in [-0.1, -0.05) is 24.8 Å². The van der Waals surface area contributed by atoms with Gasteiger partial charge in [0, 0.05) is 12.6 Å². The van der Waals surface area contributed by atoms with Crippen LogP contribution in [0.15, 0.2) is 36.9 Å². The van der Waals surface area contributed by atoms with Crippen LogP contribution in [0.25, 0.3) is 0 Å². The highest BCUT2D eigenvalue weighted by Crippen LogP contribution is 2.17. The number of hydrogen-bond donors (Lipinski definition) is 2. The Bertz CT molecular complexity index is 405. The monoisotopic (exact) mass is 248 g/mol. The lowest BCUT2D eigenvalue weighted by atomic mass is 10.2. The third kappa shape index (κ3) is 4.22. The lowest BCUT2D eigenvalue weighted by Gasteiger charge is -2.13. The molecule has 4 nitrogen and oxygen atoms in total. The van der Waals surface area contributed by atoms with Crippen LogP contribution in [0.2, 0.25) is 0 Å². The summed E-state index contributed by atoms with van der Waals surface area (Å²) >= 11 is 0. The fourth-order valence-electron chi connectivity index (χ4n) is 1.37. The van der Waals surface area contributed by atoms with E-state index in [-0.39, 0.29) is 11.9 Å². The number of para-hydroxylation sites is 1. The minimum Gasteiger partial charge on any atom is -0.489 e. The molecule has 0 aliphatic heterocycles. The summed E-state index contributed by atoms with van der Waals surface area (Å²) in [6, 6.07) is 7.41. The third-order valence-corrected chi connectivity index (χ3v) is 2.55. The van der Waals surface area contributed by atoms with Gasteiger partial charge in [0.25, 0.3) is 5.91 Å². The number of amides is 1. The van der Waals surface area contributed by atoms with E-state index < -0.39 is 0 Å². The van der Waals surface area contributed by atoms with Crippen LogP contribution in [-0.2, 0) is 0 Å². The number of ether oxygens (including phenoxy) is 1. The van der Waals surface area contributed by atoms with Crippen LogP contribution < -0.4 is 15.4 Å². The maximum Gasteiger partial charge on any atom is 0.255 e. The Balaban J connectivity index is 2.69. The van der Waals surface area contributed by atoms with E-state index >= 15 is 0 Å². The van der Waals surface area contributed by atoms with Gasteiger partial charge in [0.1, 0.15) is 12.4 Å². The third-order valence-electron chi connectivity index (χ3n) is 2.55. The minimum atomic E-state index is -0.128. The Kier molecular flexibility index (Phi) is 5.94. The normalized spacial score (nSPS) is 11.7. The van der Waals surface area contributed by atoms with Crippen LogP contribution in [0.4, 0.5) is 0 Å². The van der Waals surface area contributed by atoms with Gasteiger partial charge in [-0.3, -0.25) is 4.79 Å². The Hall–Kier alpha value is -1.81. The van der Waals surface area contributed by atoms with Crippen LogP contribution >= 0.6 is 0 Å². The lowest BCUT2D eigenvalue weighted by molar-refractivity contribution is 0.0947. The highest BCUT2D eigenvalue weighted by molar-refractivity contribution is 5.96. The molecule has 2 N–H and O–H groups in total. The molecule has 0 saturated carbocycles. The van der Waals surface area contributed by atoms with E-state index in [9.17, 15) is 4.79 Å². The molecule has 18 heavy (non-hydrogen) atoms. The molecule has 0 fully saturated rings. The zero-order valence-electron chi connectivity index (χ0n) is 10.9. The topological polar surface area (TPSA) is 50.4 Å². The highest BCUT2D eigenvalue weighted by Gasteiger charge is 2.12. The summed E-state index contributed by atoms with van der Waals surface area (Å²) in [5, 5.41) is 5.92. The number of rotatable bonds is 7. The first-order chi connectivity index (χ1) is 8.69. The quantitative estimate of drug-likeness (QED) is 0.720. The van der Waals surface area contributed by atoms with Crippen molar-refractivity contribution < 1.29 is 9.53 Å². The largest absolute Gasteiger partial charge is 0.489 e. The molecule has 1 aromatic carbocycles. The van der Waals surface area contributed by atoms with E-state index in [0.29, 0.717) is 24.5 Å². The number of hydrogen-bond acceptors (Lipinski definition) is 3. The number of nitrogens with one attached hydrogen (secondary N) is 2. The Morgan fingerprint density at radius 2 is 2.22 bits per heavy atom. The molecule has 1 atom stereocenters. The molecule has 0 spiro atoms. The van der Waals surface area contributed by atoms with E-state index in [1.165, 1.54) is 0 Å². The van der Waals surface area contributed by atoms with Gasteiger partial charge in [-0.15, -0.1) is 0 Å². The van der Waals surface area contributed by atoms with Gasteiger partial charge in [0.2, 0.25) is 0 Å². The molecular formula is C14H20N2O2. The Morgan fingerprint density at radius 3 is 2.89 bits per heavy atom. The van der Waals surface area contributed by atoms with E-state index in [1.54, 1.807) is 18.2 Å². The molecule has 98 valence electrons. The van der Waals surface area contributed by atoms with Crippen molar-refractivity contribution in [1.82, 2.24) is 10.6 Å². The van der Waals surface area contributed by atoms with E-state index in [4.69, 9.17) is 4.74 Å². The number of benzene rings is 1. The molecule has 4 heteroatoms. The van der Waals surface area contributed by atoms with Gasteiger partial charge in [-0.25, -0.2) is 0 Å². The van der Waals surface area contributed by atoms with Crippen LogP contribution in [0.1, 0.15) is 17.3 Å². The summed E-state index contributed by atoms with van der Waals surface area (Å²) in [7, 11) is 1.86. The lowest BCUT2D eigenvalue weighted by Crippen LogP contribution is -2.37. The van der Waals surface area contributed by atoms with Crippen LogP contribution in [0, 0.1) is 0 Å². The zero-order valence-corrected chi connectivity index (χ0v) is 10.9. The molecule has 1 aromatic rings. The van der Waals surface area contributed by atoms with Crippen molar-refractivity contribution in [2.24, 2.45) is 0 Å². The first-order valence-corrected chi connectivity index (χ1v) is 5.97. The summed E-state index contributed by atoms with van der Waals surface area (Å²) in [5.74, 6) is 0.448. The maximum absolute atomic E-state index is 12.0. The van der Waals surface area contributed by atoms with Crippen molar-refractivity contribution in [3.05, 3.63) is 42.5 Å². The smallest absolute Gasteiger partial charge is 0.255 e. The van der Waals surface area contributed by atoms with Crippen molar-refractivity contribution in [2.75, 3.05) is 20.2 Å². The van der Waals surface area contributed by atoms with Crippen LogP contribution in [-0.4, -0.2) is 32.1 Å². The molecular weight excluding hydrogens is 228 g/mol. The number of likely N-dealkylation sites (N-methyl/N-ethyl adjacent to an activating group) is 1. The fraction of sp³-hybridized carbons (Fsp3) is 0.357. The van der Waals surface area contributed by atoms with E-state index in [2.05, 4.69) is 17.2 Å². The molecule has 1 rings (SSSR count). The molecule has 1 unspecified atom stereocenters. The zero-order chi connectivity index (χ0) is 13.4. The second kappa shape index (κ2) is 7.50. The van der Waals surface area contributed by atoms with Crippen molar-refractivity contribution in [2.45, 2.75) is 13.0 Å². The molecule has 1 amide bonds. The molecule has 0 aliphatic rings. The van der Waals surface area contributed by atoms with Gasteiger partial charge in [0.15, 0.2) is 0 Å². The first kappa shape index (κ1) is 14.3. The molecule has 0 heterocycles. The first-order valence-electron chi connectivity index (χ1n) is 5.97. The van der Waals surface area contributed by atoms with Gasteiger partial charge in [-0.2, -0.15) is 0 Å². The Labute approximate surface area is 108 Å². The summed E-state index contributed by atoms with van der Waals surface area (Å²) in [5.41, 5.74) is 0.544. The van der Waals surface area contributed by atoms with E-state index in [0.717, 1.165) is 0 Å². The number of carbonyl (C=O) groups excluding carboxylic acids is 1. The fourth-order valence-corrected chi connectivity index (χ4v) is 1.37. The molecule has 0 bridgehead atoms. The summed E-state index contributed by atoms with van der Waals surface area (Å²) in [4.78, 5) is 12.0. The van der Waals surface area contributed by atoms with Gasteiger partial charge >= 0.3 is 0 Å². The van der Waals surface area contributed by atoms with Gasteiger partial charge in [0.05, 0.1) is 5.56 Å². The summed E-state index contributed by atoms with van der Waals surface area (Å²) in [6.45, 7) is 6.55. The molecule has 0 aromatic heterocycles. The molecule has 0 aliphatic carbocycles. The maximum atomic E-state index is 12.0. The van der Waals surface area contributed by atoms with Gasteiger partial charge in [-0.05, 0) is 26.1 Å². The van der Waals surface area contributed by atoms with Crippen molar-refractivity contribution >= 4 is 5.91 Å². The van der Waals surface area contributed by atoms with Crippen molar-refractivity contribution in [3.8, 4) is 5.75 Å². The van der Waals surface area contributed by atoms with E-state index in [1.807, 2.05) is 26.1 Å². The molecule has 0 radical (unpaired) electrons. The average molecular weight is 248 g/mol. The summed E-state index contributed by atoms with van der Waals surface area (Å²) < 4.78 is 5.45. The van der Waals surface area contributed by atoms with Crippen molar-refractivity contribution in [1.29, 1.82) is 0 Å². The highest BCUT2D eigenvalue weighted by atomic mass is 16.5. The average Bonchev–Trinajstić information content (AvgIpc) is 2.42. The predicted molar refractivity (Wildman–Crippen MR) is 73.0 cm³/mol. The standard InChI is InChI=1S/C14H20N2O2/c1-4-9-18-13-8-6-5-7-12(13)14(17)16-10-11(2)15-3/h4-8,11,15H,1,9-10H2,2-3H3,(H,16,17). The molecule has 0 saturated heterocycles. The summed E-state index contributed by atoms with van der Waals surface area (Å²) in [6.07, 6.45) is 1.65. The Morgan fingerprint density at radius 1 is 1.50 bits per heavy atom. The van der Waals surface area contributed by atoms with Crippen molar-refractivity contribution in [3.63, 3.8) is 0 Å². The second-order valence-corrected chi connectivity index (χ2v) is 4.00. The van der Waals surface area contributed by atoms with Gasteiger partial charge < -0.3 is 15.4 Å². The van der Waals surface area contributed by atoms with Crippen LogP contribution in [0.5, 0.6) is 5.75 Å². The second-order valence-electron chi connectivity index (χ2n) is 4.00. The SMILES string of the molecule is C=CCOc1ccccc1C(=O)NCC(C)NC. The number of carbonyl (C=O) groups is 1. The minimum absolute atomic E-state index is 0.128. The van der Waals surface area contributed by atoms with Crippen LogP contribution in [0.3, 0.4) is 0 Å². The predicted octanol–water partition coefficient (Wildman–Crippen LogP) is 1.59.